The van der Waals surface area contributed by atoms with Gasteiger partial charge in [0.2, 0.25) is 0 Å². The van der Waals surface area contributed by atoms with E-state index in [9.17, 15) is 9.59 Å². The molecule has 0 bridgehead atoms. The predicted molar refractivity (Wildman–Crippen MR) is 49.0 cm³/mol. The maximum absolute atomic E-state index is 11.7. The summed E-state index contributed by atoms with van der Waals surface area (Å²) in [6.45, 7) is 2.52. The number of likely N-dealkylation sites (tertiary alicyclic amines) is 1. The first-order valence-corrected chi connectivity index (χ1v) is 4.54. The van der Waals surface area contributed by atoms with Crippen LogP contribution in [0.4, 0.5) is 0 Å². The van der Waals surface area contributed by atoms with Crippen LogP contribution in [-0.2, 0) is 4.79 Å². The van der Waals surface area contributed by atoms with Crippen molar-refractivity contribution >= 4 is 11.7 Å². The SMILES string of the molecule is Cc1ccc(C(=O)N2CCC(=O)C2)o1. The van der Waals surface area contributed by atoms with E-state index in [2.05, 4.69) is 0 Å². The number of carbonyl (C=O) groups is 2. The molecular formula is C10H11NO3. The second-order valence-corrected chi connectivity index (χ2v) is 3.43. The topological polar surface area (TPSA) is 50.5 Å². The van der Waals surface area contributed by atoms with Gasteiger partial charge in [0.25, 0.3) is 5.91 Å². The Kier molecular flexibility index (Phi) is 2.11. The monoisotopic (exact) mass is 193 g/mol. The zero-order chi connectivity index (χ0) is 10.1. The van der Waals surface area contributed by atoms with Gasteiger partial charge >= 0.3 is 0 Å². The summed E-state index contributed by atoms with van der Waals surface area (Å²) in [5, 5.41) is 0. The average molecular weight is 193 g/mol. The lowest BCUT2D eigenvalue weighted by atomic mass is 10.4. The van der Waals surface area contributed by atoms with Crippen LogP contribution in [0.1, 0.15) is 22.7 Å². The van der Waals surface area contributed by atoms with Crippen LogP contribution in [0.15, 0.2) is 16.5 Å². The molecule has 1 aliphatic heterocycles. The van der Waals surface area contributed by atoms with Crippen LogP contribution in [0, 0.1) is 6.92 Å². The van der Waals surface area contributed by atoms with Gasteiger partial charge in [-0.05, 0) is 19.1 Å². The molecule has 0 saturated carbocycles. The number of carbonyl (C=O) groups excluding carboxylic acids is 2. The molecule has 4 nitrogen and oxygen atoms in total. The summed E-state index contributed by atoms with van der Waals surface area (Å²) in [7, 11) is 0. The normalized spacial score (nSPS) is 16.4. The summed E-state index contributed by atoms with van der Waals surface area (Å²) in [5.41, 5.74) is 0. The molecule has 4 heteroatoms. The van der Waals surface area contributed by atoms with E-state index in [1.54, 1.807) is 19.1 Å². The highest BCUT2D eigenvalue weighted by atomic mass is 16.3. The quantitative estimate of drug-likeness (QED) is 0.668. The lowest BCUT2D eigenvalue weighted by Crippen LogP contribution is -2.28. The molecule has 0 atom stereocenters. The van der Waals surface area contributed by atoms with Crippen LogP contribution < -0.4 is 0 Å². The van der Waals surface area contributed by atoms with Crippen molar-refractivity contribution in [1.82, 2.24) is 4.90 Å². The molecule has 0 aromatic carbocycles. The van der Waals surface area contributed by atoms with E-state index in [-0.39, 0.29) is 18.2 Å². The van der Waals surface area contributed by atoms with Crippen LogP contribution in [0.3, 0.4) is 0 Å². The summed E-state index contributed by atoms with van der Waals surface area (Å²) >= 11 is 0. The summed E-state index contributed by atoms with van der Waals surface area (Å²) < 4.78 is 5.19. The lowest BCUT2D eigenvalue weighted by Gasteiger charge is -2.11. The largest absolute Gasteiger partial charge is 0.456 e. The lowest BCUT2D eigenvalue weighted by molar-refractivity contribution is -0.116. The molecule has 1 saturated heterocycles. The average Bonchev–Trinajstić information content (AvgIpc) is 2.73. The Labute approximate surface area is 81.5 Å². The van der Waals surface area contributed by atoms with Gasteiger partial charge in [0.1, 0.15) is 5.76 Å². The summed E-state index contributed by atoms with van der Waals surface area (Å²) in [4.78, 5) is 24.2. The van der Waals surface area contributed by atoms with E-state index >= 15 is 0 Å². The van der Waals surface area contributed by atoms with E-state index in [1.165, 1.54) is 4.90 Å². The first-order valence-electron chi connectivity index (χ1n) is 4.54. The third kappa shape index (κ3) is 1.55. The maximum Gasteiger partial charge on any atom is 0.289 e. The molecule has 0 unspecified atom stereocenters. The van der Waals surface area contributed by atoms with E-state index in [1.807, 2.05) is 0 Å². The highest BCUT2D eigenvalue weighted by Gasteiger charge is 2.26. The van der Waals surface area contributed by atoms with Gasteiger partial charge < -0.3 is 9.32 Å². The number of ketones is 1. The van der Waals surface area contributed by atoms with Crippen LogP contribution in [0.2, 0.25) is 0 Å². The molecule has 0 spiro atoms. The molecule has 1 fully saturated rings. The van der Waals surface area contributed by atoms with Crippen molar-refractivity contribution in [1.29, 1.82) is 0 Å². The first kappa shape index (κ1) is 8.99. The number of Topliss-reactive ketones (excluding diaryl/α,β-unsaturated/α-hetero) is 1. The second kappa shape index (κ2) is 3.29. The Balaban J connectivity index is 2.12. The Morgan fingerprint density at radius 1 is 1.50 bits per heavy atom. The number of aryl methyl sites for hydroxylation is 1. The summed E-state index contributed by atoms with van der Waals surface area (Å²) in [5.74, 6) is 0.946. The van der Waals surface area contributed by atoms with Crippen molar-refractivity contribution in [2.75, 3.05) is 13.1 Å². The molecule has 1 aromatic rings. The highest BCUT2D eigenvalue weighted by molar-refractivity contribution is 5.96. The number of hydrogen-bond acceptors (Lipinski definition) is 3. The van der Waals surface area contributed by atoms with Crippen LogP contribution in [-0.4, -0.2) is 29.7 Å². The fourth-order valence-corrected chi connectivity index (χ4v) is 1.51. The molecule has 1 amide bonds. The molecule has 0 radical (unpaired) electrons. The van der Waals surface area contributed by atoms with Crippen molar-refractivity contribution in [3.8, 4) is 0 Å². The van der Waals surface area contributed by atoms with Crippen LogP contribution in [0.25, 0.3) is 0 Å². The van der Waals surface area contributed by atoms with Gasteiger partial charge in [-0.3, -0.25) is 9.59 Å². The van der Waals surface area contributed by atoms with Gasteiger partial charge in [-0.25, -0.2) is 0 Å². The third-order valence-electron chi connectivity index (χ3n) is 2.27. The predicted octanol–water partition coefficient (Wildman–Crippen LogP) is 1.00. The molecule has 2 rings (SSSR count). The zero-order valence-electron chi connectivity index (χ0n) is 7.95. The Morgan fingerprint density at radius 2 is 2.29 bits per heavy atom. The van der Waals surface area contributed by atoms with Gasteiger partial charge in [0.15, 0.2) is 11.5 Å². The second-order valence-electron chi connectivity index (χ2n) is 3.43. The standard InChI is InChI=1S/C10H11NO3/c1-7-2-3-9(14-7)10(13)11-5-4-8(12)6-11/h2-3H,4-6H2,1H3. The molecule has 74 valence electrons. The molecule has 0 aliphatic carbocycles. The van der Waals surface area contributed by atoms with E-state index < -0.39 is 0 Å². The van der Waals surface area contributed by atoms with E-state index in [4.69, 9.17) is 4.42 Å². The number of rotatable bonds is 1. The Morgan fingerprint density at radius 3 is 2.79 bits per heavy atom. The van der Waals surface area contributed by atoms with Gasteiger partial charge in [0, 0.05) is 13.0 Å². The number of nitrogens with zero attached hydrogens (tertiary/aromatic N) is 1. The van der Waals surface area contributed by atoms with Crippen LogP contribution >= 0.6 is 0 Å². The summed E-state index contributed by atoms with van der Waals surface area (Å²) in [6, 6.07) is 3.38. The fourth-order valence-electron chi connectivity index (χ4n) is 1.51. The first-order chi connectivity index (χ1) is 6.66. The summed E-state index contributed by atoms with van der Waals surface area (Å²) in [6.07, 6.45) is 0.464. The molecular weight excluding hydrogens is 182 g/mol. The molecule has 2 heterocycles. The minimum absolute atomic E-state index is 0.113. The van der Waals surface area contributed by atoms with Gasteiger partial charge in [-0.1, -0.05) is 0 Å². The maximum atomic E-state index is 11.7. The number of amides is 1. The minimum Gasteiger partial charge on any atom is -0.456 e. The molecule has 14 heavy (non-hydrogen) atoms. The Hall–Kier alpha value is -1.58. The number of furan rings is 1. The van der Waals surface area contributed by atoms with Gasteiger partial charge in [-0.15, -0.1) is 0 Å². The third-order valence-corrected chi connectivity index (χ3v) is 2.27. The fraction of sp³-hybridized carbons (Fsp3) is 0.400. The van der Waals surface area contributed by atoms with Crippen LogP contribution in [0.5, 0.6) is 0 Å². The molecule has 1 aliphatic rings. The van der Waals surface area contributed by atoms with Gasteiger partial charge in [-0.2, -0.15) is 0 Å². The highest BCUT2D eigenvalue weighted by Crippen LogP contribution is 2.13. The Bertz CT molecular complexity index is 380. The van der Waals surface area contributed by atoms with Crippen molar-refractivity contribution in [2.24, 2.45) is 0 Å². The molecule has 1 aromatic heterocycles. The van der Waals surface area contributed by atoms with Crippen molar-refractivity contribution in [2.45, 2.75) is 13.3 Å². The van der Waals surface area contributed by atoms with Crippen molar-refractivity contribution in [3.63, 3.8) is 0 Å². The minimum atomic E-state index is -0.191. The van der Waals surface area contributed by atoms with E-state index in [0.717, 1.165) is 0 Å². The van der Waals surface area contributed by atoms with Gasteiger partial charge in [0.05, 0.1) is 6.54 Å². The van der Waals surface area contributed by atoms with E-state index in [0.29, 0.717) is 24.5 Å². The van der Waals surface area contributed by atoms with Crippen molar-refractivity contribution in [3.05, 3.63) is 23.7 Å². The molecule has 0 N–H and O–H groups in total. The zero-order valence-corrected chi connectivity index (χ0v) is 7.95. The van der Waals surface area contributed by atoms with Crippen molar-refractivity contribution < 1.29 is 14.0 Å². The smallest absolute Gasteiger partial charge is 0.289 e. The number of hydrogen-bond donors (Lipinski definition) is 0.